The molecule has 0 aliphatic carbocycles. The number of rotatable bonds is 7. The van der Waals surface area contributed by atoms with Crippen LogP contribution in [-0.4, -0.2) is 48.3 Å². The maximum absolute atomic E-state index is 12.3. The van der Waals surface area contributed by atoms with Crippen LogP contribution >= 0.6 is 0 Å². The molecule has 9 nitrogen and oxygen atoms in total. The lowest BCUT2D eigenvalue weighted by Gasteiger charge is -2.09. The predicted molar refractivity (Wildman–Crippen MR) is 110 cm³/mol. The van der Waals surface area contributed by atoms with Gasteiger partial charge in [-0.2, -0.15) is 5.10 Å². The van der Waals surface area contributed by atoms with E-state index >= 15 is 0 Å². The van der Waals surface area contributed by atoms with E-state index in [1.165, 1.54) is 0 Å². The summed E-state index contributed by atoms with van der Waals surface area (Å²) in [5, 5.41) is 7.54. The fourth-order valence-corrected chi connectivity index (χ4v) is 3.92. The number of carbonyl (C=O) groups excluding carboxylic acids is 1. The Morgan fingerprint density at radius 1 is 1.21 bits per heavy atom. The van der Waals surface area contributed by atoms with Gasteiger partial charge in [-0.25, -0.2) is 12.9 Å². The number of ether oxygens (including phenoxy) is 1. The Morgan fingerprint density at radius 3 is 2.90 bits per heavy atom. The molecule has 1 aromatic carbocycles. The highest BCUT2D eigenvalue weighted by atomic mass is 32.2. The topological polar surface area (TPSA) is 118 Å². The van der Waals surface area contributed by atoms with Crippen molar-refractivity contribution in [2.24, 2.45) is 0 Å². The van der Waals surface area contributed by atoms with E-state index < -0.39 is 10.0 Å². The first kappa shape index (κ1) is 18.8. The average molecular weight is 413 g/mol. The quantitative estimate of drug-likeness (QED) is 0.428. The Kier molecular flexibility index (Phi) is 4.85. The summed E-state index contributed by atoms with van der Waals surface area (Å²) < 4.78 is 33.9. The summed E-state index contributed by atoms with van der Waals surface area (Å²) in [6.07, 6.45) is 3.29. The number of aromatic amines is 1. The van der Waals surface area contributed by atoms with Crippen molar-refractivity contribution >= 4 is 38.0 Å². The first-order chi connectivity index (χ1) is 13.9. The molecule has 0 bridgehead atoms. The molecule has 3 aromatic heterocycles. The van der Waals surface area contributed by atoms with Crippen LogP contribution in [0.2, 0.25) is 0 Å². The van der Waals surface area contributed by atoms with Crippen molar-refractivity contribution in [3.63, 3.8) is 0 Å². The van der Waals surface area contributed by atoms with Gasteiger partial charge < -0.3 is 15.0 Å². The molecule has 0 aliphatic rings. The second-order valence-corrected chi connectivity index (χ2v) is 8.27. The molecule has 0 fully saturated rings. The zero-order valence-corrected chi connectivity index (χ0v) is 16.4. The van der Waals surface area contributed by atoms with Gasteiger partial charge in [-0.05, 0) is 36.4 Å². The lowest BCUT2D eigenvalue weighted by molar-refractivity contribution is 0.0952. The van der Waals surface area contributed by atoms with Crippen LogP contribution in [-0.2, 0) is 10.0 Å². The predicted octanol–water partition coefficient (Wildman–Crippen LogP) is 2.00. The van der Waals surface area contributed by atoms with E-state index in [0.29, 0.717) is 17.1 Å². The van der Waals surface area contributed by atoms with E-state index in [-0.39, 0.29) is 18.2 Å². The highest BCUT2D eigenvalue weighted by Crippen LogP contribution is 2.21. The van der Waals surface area contributed by atoms with E-state index in [0.717, 1.165) is 16.4 Å². The Bertz CT molecular complexity index is 1290. The van der Waals surface area contributed by atoms with Gasteiger partial charge in [0, 0.05) is 35.9 Å². The van der Waals surface area contributed by atoms with Gasteiger partial charge in [0.25, 0.3) is 5.91 Å². The molecule has 4 aromatic rings. The summed E-state index contributed by atoms with van der Waals surface area (Å²) in [6, 6.07) is 12.2. The molecule has 0 radical (unpaired) electrons. The maximum atomic E-state index is 12.3. The molecule has 3 heterocycles. The number of amides is 1. The lowest BCUT2D eigenvalue weighted by Crippen LogP contribution is -2.31. The van der Waals surface area contributed by atoms with Gasteiger partial charge in [0.1, 0.15) is 11.4 Å². The zero-order chi connectivity index (χ0) is 20.4. The summed E-state index contributed by atoms with van der Waals surface area (Å²) >= 11 is 0. The third kappa shape index (κ3) is 4.16. The maximum Gasteiger partial charge on any atom is 0.267 e. The molecule has 0 atom stereocenters. The number of methoxy groups -OCH3 is 1. The number of fused-ring (bicyclic) bond motifs is 2. The summed E-state index contributed by atoms with van der Waals surface area (Å²) in [7, 11) is -2.05. The van der Waals surface area contributed by atoms with E-state index in [2.05, 4.69) is 20.1 Å². The number of anilines is 1. The van der Waals surface area contributed by atoms with Gasteiger partial charge in [0.05, 0.1) is 24.1 Å². The van der Waals surface area contributed by atoms with Crippen molar-refractivity contribution in [3.8, 4) is 5.75 Å². The number of hydrogen-bond acceptors (Lipinski definition) is 5. The largest absolute Gasteiger partial charge is 0.497 e. The second kappa shape index (κ2) is 7.47. The zero-order valence-electron chi connectivity index (χ0n) is 15.5. The first-order valence-corrected chi connectivity index (χ1v) is 10.5. The lowest BCUT2D eigenvalue weighted by atomic mass is 10.2. The molecule has 1 amide bonds. The number of carbonyl (C=O) groups is 1. The fraction of sp³-hybridized carbons (Fsp3) is 0.158. The van der Waals surface area contributed by atoms with Crippen molar-refractivity contribution in [1.82, 2.24) is 19.9 Å². The van der Waals surface area contributed by atoms with Crippen LogP contribution in [0.4, 0.5) is 5.69 Å². The third-order valence-electron chi connectivity index (χ3n) is 4.40. The molecular formula is C19H19N5O4S. The second-order valence-electron chi connectivity index (χ2n) is 6.43. The van der Waals surface area contributed by atoms with Crippen molar-refractivity contribution in [2.75, 3.05) is 24.1 Å². The molecule has 0 unspecified atom stereocenters. The number of H-pyrrole nitrogens is 1. The van der Waals surface area contributed by atoms with E-state index in [1.54, 1.807) is 60.4 Å². The minimum atomic E-state index is -3.62. The minimum absolute atomic E-state index is 0.0260. The summed E-state index contributed by atoms with van der Waals surface area (Å²) in [4.78, 5) is 15.3. The summed E-state index contributed by atoms with van der Waals surface area (Å²) in [6.45, 7) is -0.0260. The van der Waals surface area contributed by atoms with Crippen LogP contribution in [0.1, 0.15) is 10.5 Å². The number of nitrogens with zero attached hydrogens (tertiary/aromatic N) is 2. The smallest absolute Gasteiger partial charge is 0.267 e. The van der Waals surface area contributed by atoms with Gasteiger partial charge in [-0.3, -0.25) is 9.52 Å². The average Bonchev–Trinajstić information content (AvgIpc) is 3.32. The Morgan fingerprint density at radius 2 is 2.07 bits per heavy atom. The van der Waals surface area contributed by atoms with Crippen LogP contribution in [0.5, 0.6) is 5.75 Å². The van der Waals surface area contributed by atoms with Crippen LogP contribution < -0.4 is 14.8 Å². The first-order valence-electron chi connectivity index (χ1n) is 8.82. The van der Waals surface area contributed by atoms with Gasteiger partial charge >= 0.3 is 0 Å². The number of nitrogens with one attached hydrogen (secondary N) is 3. The molecule has 0 saturated carbocycles. The number of sulfonamides is 1. The monoisotopic (exact) mass is 413 g/mol. The molecule has 0 aliphatic heterocycles. The normalized spacial score (nSPS) is 11.6. The molecule has 4 rings (SSSR count). The number of aromatic nitrogens is 3. The fourth-order valence-electron chi connectivity index (χ4n) is 2.97. The minimum Gasteiger partial charge on any atom is -0.497 e. The van der Waals surface area contributed by atoms with E-state index in [9.17, 15) is 13.2 Å². The number of pyridine rings is 1. The SMILES string of the molecule is COc1ccc2cc(C(=O)NCCS(=O)(=O)Nc3ccn4nccc4c3)[nH]c2c1. The third-order valence-corrected chi connectivity index (χ3v) is 5.69. The molecule has 0 saturated heterocycles. The van der Waals surface area contributed by atoms with Crippen LogP contribution in [0.25, 0.3) is 16.4 Å². The molecule has 0 spiro atoms. The van der Waals surface area contributed by atoms with Crippen LogP contribution in [0.15, 0.2) is 54.9 Å². The molecule has 3 N–H and O–H groups in total. The molecule has 29 heavy (non-hydrogen) atoms. The molecular weight excluding hydrogens is 394 g/mol. The highest BCUT2D eigenvalue weighted by Gasteiger charge is 2.14. The van der Waals surface area contributed by atoms with Gasteiger partial charge in [0.15, 0.2) is 0 Å². The standard InChI is InChI=1S/C19H19N5O4S/c1-28-16-3-2-13-10-18(22-17(13)12-16)19(25)20-7-9-29(26,27)23-14-5-8-24-15(11-14)4-6-21-24/h2-6,8,10-12,22-23H,7,9H2,1H3,(H,20,25). The van der Waals surface area contributed by atoms with E-state index in [1.807, 2.05) is 6.07 Å². The molecule has 150 valence electrons. The van der Waals surface area contributed by atoms with Crippen molar-refractivity contribution in [2.45, 2.75) is 0 Å². The number of benzene rings is 1. The van der Waals surface area contributed by atoms with Crippen molar-refractivity contribution in [3.05, 3.63) is 60.6 Å². The van der Waals surface area contributed by atoms with Gasteiger partial charge in [0.2, 0.25) is 10.0 Å². The summed E-state index contributed by atoms with van der Waals surface area (Å²) in [5.41, 5.74) is 2.33. The Labute approximate surface area is 166 Å². The Balaban J connectivity index is 1.36. The number of hydrogen-bond donors (Lipinski definition) is 3. The van der Waals surface area contributed by atoms with Crippen LogP contribution in [0.3, 0.4) is 0 Å². The van der Waals surface area contributed by atoms with Crippen molar-refractivity contribution < 1.29 is 17.9 Å². The van der Waals surface area contributed by atoms with Gasteiger partial charge in [-0.1, -0.05) is 0 Å². The van der Waals surface area contributed by atoms with E-state index in [4.69, 9.17) is 4.74 Å². The highest BCUT2D eigenvalue weighted by molar-refractivity contribution is 7.92. The Hall–Kier alpha value is -3.53. The molecule has 10 heteroatoms. The van der Waals surface area contributed by atoms with Gasteiger partial charge in [-0.15, -0.1) is 0 Å². The summed E-state index contributed by atoms with van der Waals surface area (Å²) in [5.74, 6) is 0.0469. The van der Waals surface area contributed by atoms with Crippen LogP contribution in [0, 0.1) is 0 Å². The van der Waals surface area contributed by atoms with Crippen molar-refractivity contribution in [1.29, 1.82) is 0 Å².